The quantitative estimate of drug-likeness (QED) is 0.420. The molecule has 0 saturated heterocycles. The zero-order chi connectivity index (χ0) is 23.1. The molecule has 2 N–H and O–H groups in total. The molecule has 0 bridgehead atoms. The predicted octanol–water partition coefficient (Wildman–Crippen LogP) is 3.98. The van der Waals surface area contributed by atoms with Crippen molar-refractivity contribution in [1.82, 2.24) is 34.9 Å². The molecule has 0 radical (unpaired) electrons. The van der Waals surface area contributed by atoms with Crippen molar-refractivity contribution in [2.24, 2.45) is 7.05 Å². The molecule has 0 fully saturated rings. The van der Waals surface area contributed by atoms with Crippen molar-refractivity contribution in [3.63, 3.8) is 0 Å². The highest BCUT2D eigenvalue weighted by Crippen LogP contribution is 2.31. The van der Waals surface area contributed by atoms with Crippen molar-refractivity contribution in [1.29, 1.82) is 0 Å². The number of fused-ring (bicyclic) bond motifs is 1. The highest BCUT2D eigenvalue weighted by molar-refractivity contribution is 7.15. The molecule has 0 aliphatic rings. The van der Waals surface area contributed by atoms with Crippen LogP contribution in [0.1, 0.15) is 30.0 Å². The Hall–Kier alpha value is -3.78. The van der Waals surface area contributed by atoms with Crippen molar-refractivity contribution in [2.45, 2.75) is 27.2 Å². The number of allylic oxidation sites excluding steroid dienone is 2. The summed E-state index contributed by atoms with van der Waals surface area (Å²) in [6.45, 7) is 10.6. The summed E-state index contributed by atoms with van der Waals surface area (Å²) in [5, 5.41) is 13.8. The summed E-state index contributed by atoms with van der Waals surface area (Å²) in [5.74, 6) is 0.676. The van der Waals surface area contributed by atoms with Gasteiger partial charge in [0.25, 0.3) is 0 Å². The molecule has 5 aromatic heterocycles. The maximum absolute atomic E-state index is 4.84. The Balaban J connectivity index is 1.53. The van der Waals surface area contributed by atoms with Crippen LogP contribution in [0.2, 0.25) is 0 Å². The summed E-state index contributed by atoms with van der Waals surface area (Å²) >= 11 is 1.71. The van der Waals surface area contributed by atoms with E-state index in [0.29, 0.717) is 11.5 Å². The van der Waals surface area contributed by atoms with Crippen LogP contribution < -0.4 is 10.6 Å². The number of H-pyrrole nitrogens is 2. The van der Waals surface area contributed by atoms with Gasteiger partial charge in [-0.05, 0) is 50.1 Å². The Morgan fingerprint density at radius 2 is 2.09 bits per heavy atom. The molecule has 5 aromatic rings. The Morgan fingerprint density at radius 3 is 2.85 bits per heavy atom. The summed E-state index contributed by atoms with van der Waals surface area (Å²) in [5.41, 5.74) is 6.72. The number of pyridine rings is 1. The highest BCUT2D eigenvalue weighted by atomic mass is 32.1. The van der Waals surface area contributed by atoms with Crippen LogP contribution in [0.5, 0.6) is 0 Å². The molecule has 33 heavy (non-hydrogen) atoms. The molecule has 7 nitrogen and oxygen atoms in total. The average Bonchev–Trinajstić information content (AvgIpc) is 3.57. The van der Waals surface area contributed by atoms with Crippen LogP contribution >= 0.6 is 11.3 Å². The van der Waals surface area contributed by atoms with Gasteiger partial charge >= 0.3 is 0 Å². The monoisotopic (exact) mass is 455 g/mol. The summed E-state index contributed by atoms with van der Waals surface area (Å²) in [4.78, 5) is 15.1. The molecule has 166 valence electrons. The van der Waals surface area contributed by atoms with Crippen LogP contribution in [0.15, 0.2) is 36.7 Å². The van der Waals surface area contributed by atoms with Crippen LogP contribution in [0.25, 0.3) is 51.4 Å². The van der Waals surface area contributed by atoms with Crippen LogP contribution in [0.4, 0.5) is 0 Å². The van der Waals surface area contributed by atoms with Gasteiger partial charge in [-0.3, -0.25) is 14.8 Å². The summed E-state index contributed by atoms with van der Waals surface area (Å²) in [6, 6.07) is 6.12. The lowest BCUT2D eigenvalue weighted by Gasteiger charge is -1.97. The minimum Gasteiger partial charge on any atom is -0.336 e. The first-order chi connectivity index (χ1) is 15.9. The minimum absolute atomic E-state index is 0.676. The highest BCUT2D eigenvalue weighted by Gasteiger charge is 2.15. The van der Waals surface area contributed by atoms with Gasteiger partial charge in [0.2, 0.25) is 0 Å². The molecule has 8 heteroatoms. The first kappa shape index (κ1) is 21.1. The maximum atomic E-state index is 4.84. The van der Waals surface area contributed by atoms with Crippen molar-refractivity contribution in [3.05, 3.63) is 63.4 Å². The van der Waals surface area contributed by atoms with Gasteiger partial charge in [0, 0.05) is 35.1 Å². The molecule has 0 aliphatic heterocycles. The molecular formula is C25H25N7S. The lowest BCUT2D eigenvalue weighted by Crippen LogP contribution is -2.21. The molecule has 0 aliphatic carbocycles. The number of thiophene rings is 1. The smallest absolute Gasteiger partial charge is 0.159 e. The van der Waals surface area contributed by atoms with E-state index in [1.807, 2.05) is 23.9 Å². The second kappa shape index (κ2) is 8.29. The molecule has 0 spiro atoms. The second-order valence-electron chi connectivity index (χ2n) is 8.05. The van der Waals surface area contributed by atoms with Gasteiger partial charge in [-0.1, -0.05) is 19.6 Å². The number of hydrogen-bond donors (Lipinski definition) is 2. The van der Waals surface area contributed by atoms with E-state index >= 15 is 0 Å². The van der Waals surface area contributed by atoms with E-state index in [0.717, 1.165) is 55.4 Å². The first-order valence-corrected chi connectivity index (χ1v) is 11.6. The fraction of sp³-hybridized carbons (Fsp3) is 0.200. The summed E-state index contributed by atoms with van der Waals surface area (Å²) in [6.07, 6.45) is 8.83. The second-order valence-corrected chi connectivity index (χ2v) is 9.34. The third-order valence-corrected chi connectivity index (χ3v) is 6.67. The van der Waals surface area contributed by atoms with E-state index in [1.165, 1.54) is 4.88 Å². The molecule has 0 unspecified atom stereocenters. The Morgan fingerprint density at radius 1 is 1.24 bits per heavy atom. The van der Waals surface area contributed by atoms with E-state index in [-0.39, 0.29) is 0 Å². The van der Waals surface area contributed by atoms with Crippen LogP contribution in [0.3, 0.4) is 0 Å². The molecule has 0 aromatic carbocycles. The van der Waals surface area contributed by atoms with Crippen LogP contribution in [0, 0.1) is 6.92 Å². The lowest BCUT2D eigenvalue weighted by atomic mass is 10.1. The summed E-state index contributed by atoms with van der Waals surface area (Å²) < 4.78 is 1.86. The number of rotatable bonds is 5. The minimum atomic E-state index is 0.676. The van der Waals surface area contributed by atoms with Crippen molar-refractivity contribution in [3.8, 4) is 22.1 Å². The number of imidazole rings is 1. The Labute approximate surface area is 195 Å². The van der Waals surface area contributed by atoms with Crippen molar-refractivity contribution < 1.29 is 0 Å². The number of nitrogens with zero attached hydrogens (tertiary/aromatic N) is 5. The van der Waals surface area contributed by atoms with Gasteiger partial charge in [-0.25, -0.2) is 4.98 Å². The fourth-order valence-electron chi connectivity index (χ4n) is 3.93. The van der Waals surface area contributed by atoms with E-state index in [1.54, 1.807) is 17.5 Å². The van der Waals surface area contributed by atoms with Gasteiger partial charge in [-0.15, -0.1) is 11.3 Å². The van der Waals surface area contributed by atoms with E-state index in [9.17, 15) is 0 Å². The Kier molecular flexibility index (Phi) is 5.30. The summed E-state index contributed by atoms with van der Waals surface area (Å²) in [7, 11) is 1.95. The zero-order valence-electron chi connectivity index (χ0n) is 19.1. The lowest BCUT2D eigenvalue weighted by molar-refractivity contribution is 0.746. The molecular weight excluding hydrogens is 430 g/mol. The van der Waals surface area contributed by atoms with Gasteiger partial charge in [-0.2, -0.15) is 10.2 Å². The van der Waals surface area contributed by atoms with E-state index in [2.05, 4.69) is 77.0 Å². The molecule has 0 amide bonds. The number of aromatic nitrogens is 7. The SMILES string of the molecule is C=c1c(-c2nc3c(-c4ccc(C)s4)nccc3[nH]2)n[nH]/c1=C/C=C(\C)c1cn(C)nc1CC. The van der Waals surface area contributed by atoms with Crippen molar-refractivity contribution >= 4 is 40.6 Å². The number of aryl methyl sites for hydroxylation is 3. The molecule has 0 saturated carbocycles. The van der Waals surface area contributed by atoms with Gasteiger partial charge in [0.1, 0.15) is 16.9 Å². The molecule has 0 atom stereocenters. The topological polar surface area (TPSA) is 88.1 Å². The third kappa shape index (κ3) is 3.82. The van der Waals surface area contributed by atoms with Gasteiger partial charge in [0.05, 0.1) is 21.4 Å². The van der Waals surface area contributed by atoms with Crippen LogP contribution in [-0.2, 0) is 13.5 Å². The zero-order valence-corrected chi connectivity index (χ0v) is 19.9. The number of hydrogen-bond acceptors (Lipinski definition) is 5. The van der Waals surface area contributed by atoms with Crippen molar-refractivity contribution in [2.75, 3.05) is 0 Å². The number of nitrogens with one attached hydrogen (secondary N) is 2. The Bertz CT molecular complexity index is 1610. The number of aromatic amines is 2. The average molecular weight is 456 g/mol. The van der Waals surface area contributed by atoms with Gasteiger partial charge < -0.3 is 4.98 Å². The largest absolute Gasteiger partial charge is 0.336 e. The van der Waals surface area contributed by atoms with E-state index in [4.69, 9.17) is 4.98 Å². The fourth-order valence-corrected chi connectivity index (χ4v) is 4.79. The normalized spacial score (nSPS) is 12.8. The van der Waals surface area contributed by atoms with Gasteiger partial charge in [0.15, 0.2) is 5.82 Å². The predicted molar refractivity (Wildman–Crippen MR) is 135 cm³/mol. The molecule has 5 heterocycles. The third-order valence-electron chi connectivity index (χ3n) is 5.66. The maximum Gasteiger partial charge on any atom is 0.159 e. The standard InChI is InChI=1S/C25H25N7S/c1-6-18-17(13-32(5)31-18)14(2)7-9-19-16(4)22(30-29-19)25-27-20-11-12-26-24(23(20)28-25)21-10-8-15(3)33-21/h7-13,29H,4,6H2,1-3,5H3,(H,27,28)/b14-7+,19-9+. The van der Waals surface area contributed by atoms with E-state index < -0.39 is 0 Å². The first-order valence-electron chi connectivity index (χ1n) is 10.8. The van der Waals surface area contributed by atoms with Crippen LogP contribution in [-0.4, -0.2) is 34.9 Å². The molecule has 5 rings (SSSR count).